The van der Waals surface area contributed by atoms with E-state index < -0.39 is 30.8 Å². The van der Waals surface area contributed by atoms with Crippen molar-refractivity contribution in [1.82, 2.24) is 5.32 Å². The second-order valence-electron chi connectivity index (χ2n) is 5.04. The van der Waals surface area contributed by atoms with Crippen LogP contribution in [0.25, 0.3) is 10.4 Å². The van der Waals surface area contributed by atoms with Crippen LogP contribution < -0.4 is 10.6 Å². The molecule has 110 valence electrons. The number of amides is 1. The van der Waals surface area contributed by atoms with Crippen molar-refractivity contribution < 1.29 is 13.6 Å². The SMILES string of the molecule is O=C(Nc1cccc(-c2cccs2)c1)C1CC(F)(F)CN1. The van der Waals surface area contributed by atoms with Crippen LogP contribution >= 0.6 is 11.3 Å². The van der Waals surface area contributed by atoms with Crippen LogP contribution in [-0.2, 0) is 4.79 Å². The van der Waals surface area contributed by atoms with Crippen LogP contribution in [0.2, 0.25) is 0 Å². The minimum absolute atomic E-state index is 0.421. The van der Waals surface area contributed by atoms with Gasteiger partial charge in [0.1, 0.15) is 0 Å². The van der Waals surface area contributed by atoms with Gasteiger partial charge in [-0.15, -0.1) is 11.3 Å². The zero-order chi connectivity index (χ0) is 14.9. The Morgan fingerprint density at radius 2 is 2.19 bits per heavy atom. The maximum atomic E-state index is 13.1. The number of halogens is 2. The Kier molecular flexibility index (Phi) is 3.73. The molecule has 1 aliphatic heterocycles. The topological polar surface area (TPSA) is 41.1 Å². The fourth-order valence-corrected chi connectivity index (χ4v) is 3.05. The molecule has 0 aliphatic carbocycles. The van der Waals surface area contributed by atoms with Crippen molar-refractivity contribution in [3.05, 3.63) is 41.8 Å². The van der Waals surface area contributed by atoms with Gasteiger partial charge in [-0.2, -0.15) is 0 Å². The van der Waals surface area contributed by atoms with Crippen LogP contribution in [0, 0.1) is 0 Å². The Hall–Kier alpha value is -1.79. The van der Waals surface area contributed by atoms with E-state index in [2.05, 4.69) is 10.6 Å². The second-order valence-corrected chi connectivity index (χ2v) is 5.99. The van der Waals surface area contributed by atoms with Gasteiger partial charge >= 0.3 is 0 Å². The molecule has 21 heavy (non-hydrogen) atoms. The smallest absolute Gasteiger partial charge is 0.262 e. The number of nitrogens with one attached hydrogen (secondary N) is 2. The van der Waals surface area contributed by atoms with Crippen molar-refractivity contribution in [3.8, 4) is 10.4 Å². The molecule has 1 fully saturated rings. The van der Waals surface area contributed by atoms with Gasteiger partial charge in [-0.1, -0.05) is 18.2 Å². The predicted molar refractivity (Wildman–Crippen MR) is 79.7 cm³/mol. The Labute approximate surface area is 125 Å². The molecule has 1 aromatic heterocycles. The first-order valence-corrected chi connectivity index (χ1v) is 7.47. The van der Waals surface area contributed by atoms with Crippen molar-refractivity contribution >= 4 is 22.9 Å². The summed E-state index contributed by atoms with van der Waals surface area (Å²) >= 11 is 1.60. The van der Waals surface area contributed by atoms with E-state index in [1.54, 1.807) is 17.4 Å². The fraction of sp³-hybridized carbons (Fsp3) is 0.267. The average Bonchev–Trinajstić information content (AvgIpc) is 3.08. The third-order valence-electron chi connectivity index (χ3n) is 3.36. The summed E-state index contributed by atoms with van der Waals surface area (Å²) < 4.78 is 26.2. The summed E-state index contributed by atoms with van der Waals surface area (Å²) in [6.07, 6.45) is -0.455. The number of rotatable bonds is 3. The minimum atomic E-state index is -2.80. The number of thiophene rings is 1. The van der Waals surface area contributed by atoms with E-state index in [0.717, 1.165) is 10.4 Å². The first kappa shape index (κ1) is 14.2. The van der Waals surface area contributed by atoms with E-state index in [9.17, 15) is 13.6 Å². The molecule has 0 spiro atoms. The largest absolute Gasteiger partial charge is 0.325 e. The Morgan fingerprint density at radius 1 is 1.33 bits per heavy atom. The van der Waals surface area contributed by atoms with Crippen molar-refractivity contribution in [3.63, 3.8) is 0 Å². The highest BCUT2D eigenvalue weighted by atomic mass is 32.1. The number of alkyl halides is 2. The molecule has 2 N–H and O–H groups in total. The van der Waals surface area contributed by atoms with E-state index in [4.69, 9.17) is 0 Å². The van der Waals surface area contributed by atoms with Gasteiger partial charge in [0, 0.05) is 17.0 Å². The quantitative estimate of drug-likeness (QED) is 0.913. The van der Waals surface area contributed by atoms with Gasteiger partial charge in [-0.05, 0) is 29.1 Å². The van der Waals surface area contributed by atoms with E-state index in [-0.39, 0.29) is 0 Å². The van der Waals surface area contributed by atoms with E-state index in [0.29, 0.717) is 5.69 Å². The maximum absolute atomic E-state index is 13.1. The lowest BCUT2D eigenvalue weighted by atomic mass is 10.1. The first-order chi connectivity index (χ1) is 10.0. The van der Waals surface area contributed by atoms with Crippen molar-refractivity contribution in [2.45, 2.75) is 18.4 Å². The fourth-order valence-electron chi connectivity index (χ4n) is 2.32. The van der Waals surface area contributed by atoms with Gasteiger partial charge in [0.15, 0.2) is 0 Å². The van der Waals surface area contributed by atoms with E-state index in [1.165, 1.54) is 0 Å². The Balaban J connectivity index is 1.71. The molecule has 2 aromatic rings. The lowest BCUT2D eigenvalue weighted by Gasteiger charge is -2.12. The molecule has 0 radical (unpaired) electrons. The summed E-state index contributed by atoms with van der Waals surface area (Å²) in [4.78, 5) is 13.1. The highest BCUT2D eigenvalue weighted by Gasteiger charge is 2.42. The minimum Gasteiger partial charge on any atom is -0.325 e. The molecule has 3 nitrogen and oxygen atoms in total. The molecular formula is C15H14F2N2OS. The van der Waals surface area contributed by atoms with Crippen LogP contribution in [0.1, 0.15) is 6.42 Å². The highest BCUT2D eigenvalue weighted by Crippen LogP contribution is 2.28. The van der Waals surface area contributed by atoms with Gasteiger partial charge in [-0.3, -0.25) is 10.1 Å². The monoisotopic (exact) mass is 308 g/mol. The van der Waals surface area contributed by atoms with E-state index >= 15 is 0 Å². The molecule has 3 rings (SSSR count). The normalized spacial score (nSPS) is 20.4. The molecule has 1 atom stereocenters. The zero-order valence-corrected chi connectivity index (χ0v) is 11.9. The van der Waals surface area contributed by atoms with Crippen LogP contribution in [0.4, 0.5) is 14.5 Å². The van der Waals surface area contributed by atoms with Crippen LogP contribution in [0.15, 0.2) is 41.8 Å². The van der Waals surface area contributed by atoms with Crippen LogP contribution in [-0.4, -0.2) is 24.4 Å². The third kappa shape index (κ3) is 3.28. The molecule has 0 saturated carbocycles. The number of benzene rings is 1. The Bertz CT molecular complexity index is 643. The average molecular weight is 308 g/mol. The van der Waals surface area contributed by atoms with Gasteiger partial charge in [0.05, 0.1) is 12.6 Å². The van der Waals surface area contributed by atoms with E-state index in [1.807, 2.05) is 35.7 Å². The summed E-state index contributed by atoms with van der Waals surface area (Å²) in [7, 11) is 0. The molecular weight excluding hydrogens is 294 g/mol. The maximum Gasteiger partial charge on any atom is 0.262 e. The summed E-state index contributed by atoms with van der Waals surface area (Å²) in [6.45, 7) is -0.444. The standard InChI is InChI=1S/C15H14F2N2OS/c16-15(17)8-12(18-9-15)14(20)19-11-4-1-3-10(7-11)13-5-2-6-21-13/h1-7,12,18H,8-9H2,(H,19,20). The highest BCUT2D eigenvalue weighted by molar-refractivity contribution is 7.13. The van der Waals surface area contributed by atoms with Crippen LogP contribution in [0.5, 0.6) is 0 Å². The van der Waals surface area contributed by atoms with Crippen molar-refractivity contribution in [1.29, 1.82) is 0 Å². The lowest BCUT2D eigenvalue weighted by molar-refractivity contribution is -0.118. The number of hydrogen-bond donors (Lipinski definition) is 2. The first-order valence-electron chi connectivity index (χ1n) is 6.59. The van der Waals surface area contributed by atoms with Gasteiger partial charge in [0.25, 0.3) is 5.92 Å². The molecule has 1 saturated heterocycles. The second kappa shape index (κ2) is 5.54. The number of carbonyl (C=O) groups is 1. The molecule has 0 bridgehead atoms. The van der Waals surface area contributed by atoms with Crippen LogP contribution in [0.3, 0.4) is 0 Å². The molecule has 1 aliphatic rings. The van der Waals surface area contributed by atoms with Gasteiger partial charge in [0.2, 0.25) is 5.91 Å². The predicted octanol–water partition coefficient (Wildman–Crippen LogP) is 3.35. The van der Waals surface area contributed by atoms with Gasteiger partial charge in [-0.25, -0.2) is 8.78 Å². The molecule has 1 unspecified atom stereocenters. The summed E-state index contributed by atoms with van der Waals surface area (Å²) in [5.74, 6) is -3.23. The zero-order valence-electron chi connectivity index (χ0n) is 11.1. The molecule has 1 amide bonds. The summed E-state index contributed by atoms with van der Waals surface area (Å²) in [5.41, 5.74) is 1.61. The summed E-state index contributed by atoms with van der Waals surface area (Å²) in [6, 6.07) is 10.5. The van der Waals surface area contributed by atoms with Crippen molar-refractivity contribution in [2.75, 3.05) is 11.9 Å². The molecule has 6 heteroatoms. The third-order valence-corrected chi connectivity index (χ3v) is 4.28. The number of carbonyl (C=O) groups excluding carboxylic acids is 1. The summed E-state index contributed by atoms with van der Waals surface area (Å²) in [5, 5.41) is 7.22. The van der Waals surface area contributed by atoms with Gasteiger partial charge < -0.3 is 5.32 Å². The van der Waals surface area contributed by atoms with Crippen molar-refractivity contribution in [2.24, 2.45) is 0 Å². The molecule has 2 heterocycles. The number of hydrogen-bond acceptors (Lipinski definition) is 3. The lowest BCUT2D eigenvalue weighted by Crippen LogP contribution is -2.35. The molecule has 1 aromatic carbocycles. The Morgan fingerprint density at radius 3 is 2.86 bits per heavy atom. The number of anilines is 1.